The average molecular weight is 379 g/mol. The Hall–Kier alpha value is -3.03. The van der Waals surface area contributed by atoms with E-state index in [9.17, 15) is 4.79 Å². The molecule has 0 atom stereocenters. The van der Waals surface area contributed by atoms with Gasteiger partial charge in [0, 0.05) is 30.1 Å². The maximum absolute atomic E-state index is 11.2. The molecule has 3 aromatic rings. The largest absolute Gasteiger partial charge is 0.457 e. The Morgan fingerprint density at radius 2 is 2.00 bits per heavy atom. The highest BCUT2D eigenvalue weighted by Gasteiger charge is 2.09. The molecule has 0 aliphatic carbocycles. The molecule has 0 bridgehead atoms. The molecule has 0 saturated heterocycles. The second kappa shape index (κ2) is 8.57. The summed E-state index contributed by atoms with van der Waals surface area (Å²) in [7, 11) is 1.95. The van der Waals surface area contributed by atoms with Gasteiger partial charge < -0.3 is 9.30 Å². The lowest BCUT2D eigenvalue weighted by atomic mass is 10.1. The molecule has 0 aliphatic heterocycles. The van der Waals surface area contributed by atoms with Gasteiger partial charge in [-0.05, 0) is 48.7 Å². The molecule has 1 heterocycles. The lowest BCUT2D eigenvalue weighted by Gasteiger charge is -2.09. The number of hydrogen-bond donors (Lipinski definition) is 0. The van der Waals surface area contributed by atoms with Crippen LogP contribution in [0.2, 0.25) is 5.02 Å². The van der Waals surface area contributed by atoms with Crippen LogP contribution in [0.25, 0.3) is 11.3 Å². The van der Waals surface area contributed by atoms with Crippen molar-refractivity contribution < 1.29 is 9.53 Å². The van der Waals surface area contributed by atoms with Crippen LogP contribution >= 0.6 is 11.6 Å². The van der Waals surface area contributed by atoms with Crippen molar-refractivity contribution in [2.45, 2.75) is 19.8 Å². The molecule has 0 amide bonds. The normalized spacial score (nSPS) is 10.2. The van der Waals surface area contributed by atoms with Gasteiger partial charge in [0.25, 0.3) is 0 Å². The minimum absolute atomic E-state index is 0.430. The maximum Gasteiger partial charge on any atom is 0.185 e. The van der Waals surface area contributed by atoms with Gasteiger partial charge in [-0.2, -0.15) is 0 Å². The van der Waals surface area contributed by atoms with Gasteiger partial charge in [0.1, 0.15) is 11.5 Å². The number of nitrogens with zero attached hydrogens (tertiary/aromatic N) is 2. The first-order chi connectivity index (χ1) is 13.1. The quantitative estimate of drug-likeness (QED) is 0.435. The molecule has 0 N–H and O–H groups in total. The lowest BCUT2D eigenvalue weighted by Crippen LogP contribution is -1.96. The third kappa shape index (κ3) is 4.39. The monoisotopic (exact) mass is 378 g/mol. The second-order valence-electron chi connectivity index (χ2n) is 6.00. The van der Waals surface area contributed by atoms with E-state index >= 15 is 0 Å². The van der Waals surface area contributed by atoms with Crippen LogP contribution in [0, 0.1) is 11.8 Å². The summed E-state index contributed by atoms with van der Waals surface area (Å²) in [5.41, 5.74) is 2.42. The zero-order valence-corrected chi connectivity index (χ0v) is 16.0. The highest BCUT2D eigenvalue weighted by atomic mass is 35.5. The van der Waals surface area contributed by atoms with Crippen LogP contribution in [0.4, 0.5) is 0 Å². The zero-order chi connectivity index (χ0) is 19.2. The fraction of sp³-hybridized carbons (Fsp3) is 0.182. The number of aromatic nitrogens is 2. The Balaban J connectivity index is 1.82. The first kappa shape index (κ1) is 18.8. The molecule has 0 aliphatic rings. The first-order valence-electron chi connectivity index (χ1n) is 8.66. The molecule has 0 saturated carbocycles. The van der Waals surface area contributed by atoms with Gasteiger partial charge in [-0.15, -0.1) is 0 Å². The molecule has 1 aromatic heterocycles. The average Bonchev–Trinajstić information content (AvgIpc) is 3.03. The first-order valence-corrected chi connectivity index (χ1v) is 9.03. The highest BCUT2D eigenvalue weighted by molar-refractivity contribution is 6.30. The number of benzene rings is 2. The standard InChI is InChI=1S/C22H19ClN2O2/c1-3-4-5-6-22-24-14-20(25(22)2)16-8-11-19(12-9-16)27-21-13-18(23)10-7-17(21)15-26/h7-15H,3-4H2,1-2H3. The Morgan fingerprint density at radius 3 is 2.70 bits per heavy atom. The summed E-state index contributed by atoms with van der Waals surface area (Å²) in [6, 6.07) is 12.5. The number of unbranched alkanes of at least 4 members (excludes halogenated alkanes) is 1. The molecule has 5 heteroatoms. The molecule has 2 aromatic carbocycles. The van der Waals surface area contributed by atoms with E-state index in [1.807, 2.05) is 42.1 Å². The van der Waals surface area contributed by atoms with Crippen molar-refractivity contribution in [2.75, 3.05) is 0 Å². The second-order valence-corrected chi connectivity index (χ2v) is 6.44. The number of halogens is 1. The lowest BCUT2D eigenvalue weighted by molar-refractivity contribution is 0.112. The molecule has 4 nitrogen and oxygen atoms in total. The Bertz CT molecular complexity index is 1010. The van der Waals surface area contributed by atoms with Crippen molar-refractivity contribution in [1.82, 2.24) is 9.55 Å². The van der Waals surface area contributed by atoms with Crippen LogP contribution in [0.1, 0.15) is 35.9 Å². The maximum atomic E-state index is 11.2. The Labute approximate surface area is 163 Å². The fourth-order valence-corrected chi connectivity index (χ4v) is 2.74. The third-order valence-corrected chi connectivity index (χ3v) is 4.28. The number of carbonyl (C=O) groups is 1. The topological polar surface area (TPSA) is 44.1 Å². The van der Waals surface area contributed by atoms with Crippen LogP contribution in [-0.4, -0.2) is 15.8 Å². The number of rotatable bonds is 5. The van der Waals surface area contributed by atoms with E-state index in [0.717, 1.165) is 36.2 Å². The summed E-state index contributed by atoms with van der Waals surface area (Å²) < 4.78 is 7.78. The minimum Gasteiger partial charge on any atom is -0.457 e. The number of hydrogen-bond acceptors (Lipinski definition) is 3. The Morgan fingerprint density at radius 1 is 1.22 bits per heavy atom. The van der Waals surface area contributed by atoms with Crippen molar-refractivity contribution >= 4 is 17.9 Å². The van der Waals surface area contributed by atoms with Gasteiger partial charge in [0.15, 0.2) is 12.1 Å². The SMILES string of the molecule is CCCC#Cc1ncc(-c2ccc(Oc3cc(Cl)ccc3C=O)cc2)n1C. The molecule has 0 unspecified atom stereocenters. The summed E-state index contributed by atoms with van der Waals surface area (Å²) in [5, 5.41) is 0.513. The van der Waals surface area contributed by atoms with Crippen LogP contribution in [-0.2, 0) is 7.05 Å². The van der Waals surface area contributed by atoms with Crippen LogP contribution < -0.4 is 4.74 Å². The highest BCUT2D eigenvalue weighted by Crippen LogP contribution is 2.29. The summed E-state index contributed by atoms with van der Waals surface area (Å²) >= 11 is 5.99. The predicted octanol–water partition coefficient (Wildman–Crippen LogP) is 5.50. The van der Waals surface area contributed by atoms with Gasteiger partial charge in [0.2, 0.25) is 0 Å². The van der Waals surface area contributed by atoms with E-state index in [-0.39, 0.29) is 0 Å². The van der Waals surface area contributed by atoms with Gasteiger partial charge in [-0.3, -0.25) is 4.79 Å². The van der Waals surface area contributed by atoms with E-state index in [1.165, 1.54) is 0 Å². The zero-order valence-electron chi connectivity index (χ0n) is 15.2. The number of imidazole rings is 1. The van der Waals surface area contributed by atoms with E-state index in [0.29, 0.717) is 22.1 Å². The fourth-order valence-electron chi connectivity index (χ4n) is 2.58. The third-order valence-electron chi connectivity index (χ3n) is 4.04. The van der Waals surface area contributed by atoms with Crippen LogP contribution in [0.3, 0.4) is 0 Å². The number of carbonyl (C=O) groups excluding carboxylic acids is 1. The Kier molecular flexibility index (Phi) is 5.95. The molecule has 0 spiro atoms. The minimum atomic E-state index is 0.430. The molecule has 3 rings (SSSR count). The van der Waals surface area contributed by atoms with Gasteiger partial charge in [0.05, 0.1) is 17.5 Å². The van der Waals surface area contributed by atoms with E-state index in [4.69, 9.17) is 16.3 Å². The summed E-state index contributed by atoms with van der Waals surface area (Å²) in [4.78, 5) is 15.5. The smallest absolute Gasteiger partial charge is 0.185 e. The molecule has 136 valence electrons. The van der Waals surface area contributed by atoms with Crippen molar-refractivity contribution in [3.8, 4) is 34.6 Å². The van der Waals surface area contributed by atoms with E-state index in [2.05, 4.69) is 23.7 Å². The van der Waals surface area contributed by atoms with Crippen molar-refractivity contribution in [2.24, 2.45) is 7.05 Å². The summed E-state index contributed by atoms with van der Waals surface area (Å²) in [5.74, 6) is 8.01. The van der Waals surface area contributed by atoms with Gasteiger partial charge in [-0.25, -0.2) is 4.98 Å². The molecule has 0 radical (unpaired) electrons. The van der Waals surface area contributed by atoms with Gasteiger partial charge in [-0.1, -0.05) is 24.4 Å². The van der Waals surface area contributed by atoms with Crippen molar-refractivity contribution in [3.63, 3.8) is 0 Å². The molecular weight excluding hydrogens is 360 g/mol. The predicted molar refractivity (Wildman–Crippen MR) is 107 cm³/mol. The number of aldehydes is 1. The van der Waals surface area contributed by atoms with E-state index in [1.54, 1.807) is 18.2 Å². The summed E-state index contributed by atoms with van der Waals surface area (Å²) in [6.07, 6.45) is 4.45. The van der Waals surface area contributed by atoms with Crippen molar-refractivity contribution in [1.29, 1.82) is 0 Å². The van der Waals surface area contributed by atoms with Crippen LogP contribution in [0.5, 0.6) is 11.5 Å². The van der Waals surface area contributed by atoms with Gasteiger partial charge >= 0.3 is 0 Å². The van der Waals surface area contributed by atoms with Crippen LogP contribution in [0.15, 0.2) is 48.7 Å². The molecule has 27 heavy (non-hydrogen) atoms. The number of ether oxygens (including phenoxy) is 1. The molecular formula is C22H19ClN2O2. The van der Waals surface area contributed by atoms with Crippen molar-refractivity contribution in [3.05, 3.63) is 65.1 Å². The van der Waals surface area contributed by atoms with E-state index < -0.39 is 0 Å². The summed E-state index contributed by atoms with van der Waals surface area (Å²) in [6.45, 7) is 2.10. The molecule has 0 fully saturated rings.